The normalized spacial score (nSPS) is 27.4. The highest BCUT2D eigenvalue weighted by Crippen LogP contribution is 2.21. The number of nitrogens with zero attached hydrogens (tertiary/aromatic N) is 3. The Bertz CT molecular complexity index is 379. The predicted molar refractivity (Wildman–Crippen MR) is 73.2 cm³/mol. The summed E-state index contributed by atoms with van der Waals surface area (Å²) < 4.78 is 5.15. The van der Waals surface area contributed by atoms with Crippen molar-refractivity contribution in [3.8, 4) is 0 Å². The average Bonchev–Trinajstić information content (AvgIpc) is 2.45. The minimum Gasteiger partial charge on any atom is -0.381 e. The quantitative estimate of drug-likeness (QED) is 0.746. The largest absolute Gasteiger partial charge is 0.381 e. The summed E-state index contributed by atoms with van der Waals surface area (Å²) in [4.78, 5) is 13.6. The molecule has 0 bridgehead atoms. The topological polar surface area (TPSA) is 71.2 Å². The Morgan fingerprint density at radius 1 is 1.58 bits per heavy atom. The van der Waals surface area contributed by atoms with Crippen molar-refractivity contribution in [2.45, 2.75) is 25.3 Å². The predicted octanol–water partition coefficient (Wildman–Crippen LogP) is 0.361. The fourth-order valence-electron chi connectivity index (χ4n) is 2.32. The number of ether oxygens (including phenoxy) is 1. The molecule has 0 saturated carbocycles. The summed E-state index contributed by atoms with van der Waals surface area (Å²) in [6.07, 6.45) is 4.61. The second kappa shape index (κ2) is 6.16. The third-order valence-corrected chi connectivity index (χ3v) is 3.69. The number of amides is 1. The summed E-state index contributed by atoms with van der Waals surface area (Å²) in [7, 11) is 1.74. The van der Waals surface area contributed by atoms with Crippen LogP contribution in [-0.2, 0) is 9.53 Å². The number of hydrogen-bond acceptors (Lipinski definition) is 5. The van der Waals surface area contributed by atoms with Crippen LogP contribution in [0.25, 0.3) is 0 Å². The van der Waals surface area contributed by atoms with E-state index in [9.17, 15) is 4.79 Å². The SMILES string of the molecule is C=NN1CCC(N)C(=O)N(C)/C1=C/CCC1COC1. The highest BCUT2D eigenvalue weighted by atomic mass is 16.5. The molecular weight excluding hydrogens is 244 g/mol. The molecule has 2 N–H and O–H groups in total. The van der Waals surface area contributed by atoms with Crippen LogP contribution in [0.3, 0.4) is 0 Å². The van der Waals surface area contributed by atoms with Crippen molar-refractivity contribution in [2.24, 2.45) is 16.8 Å². The molecule has 0 radical (unpaired) electrons. The minimum absolute atomic E-state index is 0.0654. The molecule has 2 aliphatic heterocycles. The fraction of sp³-hybridized carbons (Fsp3) is 0.692. The number of hydrazone groups is 1. The molecule has 6 heteroatoms. The van der Waals surface area contributed by atoms with Crippen molar-refractivity contribution in [3.63, 3.8) is 0 Å². The van der Waals surface area contributed by atoms with Crippen LogP contribution in [0.15, 0.2) is 17.0 Å². The van der Waals surface area contributed by atoms with E-state index >= 15 is 0 Å². The monoisotopic (exact) mass is 266 g/mol. The van der Waals surface area contributed by atoms with E-state index in [1.807, 2.05) is 6.08 Å². The van der Waals surface area contributed by atoms with Gasteiger partial charge in [-0.05, 0) is 25.3 Å². The van der Waals surface area contributed by atoms with Crippen molar-refractivity contribution in [1.82, 2.24) is 9.91 Å². The molecule has 19 heavy (non-hydrogen) atoms. The van der Waals surface area contributed by atoms with Crippen LogP contribution in [0, 0.1) is 5.92 Å². The molecule has 106 valence electrons. The molecule has 0 spiro atoms. The molecule has 1 unspecified atom stereocenters. The Morgan fingerprint density at radius 3 is 2.89 bits per heavy atom. The number of likely N-dealkylation sites (N-methyl/N-ethyl adjacent to an activating group) is 1. The van der Waals surface area contributed by atoms with Gasteiger partial charge in [-0.25, -0.2) is 0 Å². The van der Waals surface area contributed by atoms with Gasteiger partial charge in [0.1, 0.15) is 5.82 Å². The summed E-state index contributed by atoms with van der Waals surface area (Å²) >= 11 is 0. The van der Waals surface area contributed by atoms with E-state index in [0.29, 0.717) is 18.9 Å². The zero-order chi connectivity index (χ0) is 13.8. The lowest BCUT2D eigenvalue weighted by Gasteiger charge is -2.27. The van der Waals surface area contributed by atoms with Gasteiger partial charge in [0, 0.05) is 26.2 Å². The maximum absolute atomic E-state index is 12.0. The maximum atomic E-state index is 12.0. The first kappa shape index (κ1) is 14.0. The van der Waals surface area contributed by atoms with Gasteiger partial charge in [-0.1, -0.05) is 0 Å². The van der Waals surface area contributed by atoms with Crippen LogP contribution in [0.2, 0.25) is 0 Å². The van der Waals surface area contributed by atoms with E-state index in [0.717, 1.165) is 31.9 Å². The van der Waals surface area contributed by atoms with Gasteiger partial charge in [-0.3, -0.25) is 14.7 Å². The summed E-state index contributed by atoms with van der Waals surface area (Å²) in [6, 6.07) is -0.458. The first-order chi connectivity index (χ1) is 9.13. The fourth-order valence-corrected chi connectivity index (χ4v) is 2.32. The van der Waals surface area contributed by atoms with E-state index in [4.69, 9.17) is 10.5 Å². The number of carbonyl (C=O) groups is 1. The molecule has 2 saturated heterocycles. The summed E-state index contributed by atoms with van der Waals surface area (Å²) in [5.41, 5.74) is 5.83. The van der Waals surface area contributed by atoms with Gasteiger partial charge in [-0.2, -0.15) is 5.10 Å². The van der Waals surface area contributed by atoms with Crippen LogP contribution in [0.5, 0.6) is 0 Å². The number of nitrogens with two attached hydrogens (primary N) is 1. The summed E-state index contributed by atoms with van der Waals surface area (Å²) in [6.45, 7) is 5.90. The van der Waals surface area contributed by atoms with E-state index < -0.39 is 6.04 Å². The number of rotatable bonds is 4. The van der Waals surface area contributed by atoms with Crippen molar-refractivity contribution in [3.05, 3.63) is 11.9 Å². The molecule has 1 amide bonds. The smallest absolute Gasteiger partial charge is 0.244 e. The van der Waals surface area contributed by atoms with Crippen molar-refractivity contribution in [2.75, 3.05) is 26.8 Å². The number of allylic oxidation sites excluding steroid dienone is 1. The van der Waals surface area contributed by atoms with Crippen LogP contribution >= 0.6 is 0 Å². The maximum Gasteiger partial charge on any atom is 0.244 e. The Hall–Kier alpha value is -1.40. The standard InChI is InChI=1S/C13H22N4O2/c1-15-17-7-6-11(14)13(18)16(2)12(17)5-3-4-10-8-19-9-10/h5,10-11H,1,3-4,6-9,14H2,2H3/b12-5-. The van der Waals surface area contributed by atoms with E-state index in [-0.39, 0.29) is 5.91 Å². The molecular formula is C13H22N4O2. The highest BCUT2D eigenvalue weighted by Gasteiger charge is 2.28. The van der Waals surface area contributed by atoms with Crippen LogP contribution in [0.4, 0.5) is 0 Å². The third-order valence-electron chi connectivity index (χ3n) is 3.69. The lowest BCUT2D eigenvalue weighted by molar-refractivity contribution is -0.129. The molecule has 0 aromatic rings. The second-order valence-electron chi connectivity index (χ2n) is 5.10. The Balaban J connectivity index is 2.04. The second-order valence-corrected chi connectivity index (χ2v) is 5.10. The summed E-state index contributed by atoms with van der Waals surface area (Å²) in [5, 5.41) is 5.73. The molecule has 2 heterocycles. The highest BCUT2D eigenvalue weighted by molar-refractivity contribution is 5.83. The van der Waals surface area contributed by atoms with Crippen molar-refractivity contribution >= 4 is 12.6 Å². The van der Waals surface area contributed by atoms with Gasteiger partial charge >= 0.3 is 0 Å². The molecule has 0 aromatic carbocycles. The number of carbonyl (C=O) groups excluding carboxylic acids is 1. The Morgan fingerprint density at radius 2 is 2.32 bits per heavy atom. The van der Waals surface area contributed by atoms with Crippen molar-refractivity contribution in [1.29, 1.82) is 0 Å². The van der Waals surface area contributed by atoms with Gasteiger partial charge in [-0.15, -0.1) is 0 Å². The average molecular weight is 266 g/mol. The van der Waals surface area contributed by atoms with E-state index in [1.54, 1.807) is 17.0 Å². The summed E-state index contributed by atoms with van der Waals surface area (Å²) in [5.74, 6) is 1.37. The zero-order valence-electron chi connectivity index (χ0n) is 11.4. The lowest BCUT2D eigenvalue weighted by Crippen LogP contribution is -2.40. The van der Waals surface area contributed by atoms with Crippen LogP contribution < -0.4 is 5.73 Å². The first-order valence-corrected chi connectivity index (χ1v) is 6.68. The van der Waals surface area contributed by atoms with Gasteiger partial charge in [0.2, 0.25) is 5.91 Å². The van der Waals surface area contributed by atoms with Crippen molar-refractivity contribution < 1.29 is 9.53 Å². The van der Waals surface area contributed by atoms with E-state index in [1.165, 1.54) is 0 Å². The third kappa shape index (κ3) is 3.13. The molecule has 2 rings (SSSR count). The lowest BCUT2D eigenvalue weighted by atomic mass is 10.0. The zero-order valence-corrected chi connectivity index (χ0v) is 11.4. The molecule has 2 fully saturated rings. The minimum atomic E-state index is -0.458. The molecule has 0 aromatic heterocycles. The molecule has 6 nitrogen and oxygen atoms in total. The van der Waals surface area contributed by atoms with Gasteiger partial charge in [0.05, 0.1) is 19.3 Å². The molecule has 2 aliphatic rings. The Labute approximate surface area is 113 Å². The van der Waals surface area contributed by atoms with E-state index in [2.05, 4.69) is 11.8 Å². The first-order valence-electron chi connectivity index (χ1n) is 6.68. The van der Waals surface area contributed by atoms with Gasteiger partial charge < -0.3 is 10.5 Å². The molecule has 0 aliphatic carbocycles. The molecule has 1 atom stereocenters. The van der Waals surface area contributed by atoms with Gasteiger partial charge in [0.15, 0.2) is 0 Å². The van der Waals surface area contributed by atoms with Crippen LogP contribution in [-0.4, -0.2) is 55.4 Å². The van der Waals surface area contributed by atoms with Crippen LogP contribution in [0.1, 0.15) is 19.3 Å². The van der Waals surface area contributed by atoms with Gasteiger partial charge in [0.25, 0.3) is 0 Å². The Kier molecular flexibility index (Phi) is 4.55. The number of hydrogen-bond donors (Lipinski definition) is 1.